The van der Waals surface area contributed by atoms with E-state index in [9.17, 15) is 0 Å². The monoisotopic (exact) mass is 310 g/mol. The molecule has 5 heteroatoms. The Morgan fingerprint density at radius 2 is 2.00 bits per heavy atom. The van der Waals surface area contributed by atoms with E-state index in [2.05, 4.69) is 5.32 Å². The molecule has 106 valence electrons. The van der Waals surface area contributed by atoms with E-state index in [1.807, 2.05) is 42.5 Å². The molecule has 2 rings (SSSR count). The first kappa shape index (κ1) is 15.0. The lowest BCUT2D eigenvalue weighted by molar-refractivity contribution is 0.415. The van der Waals surface area contributed by atoms with Crippen molar-refractivity contribution in [2.24, 2.45) is 5.73 Å². The van der Waals surface area contributed by atoms with Gasteiger partial charge in [-0.25, -0.2) is 0 Å². The Kier molecular flexibility index (Phi) is 5.12. The zero-order chi connectivity index (χ0) is 14.5. The Hall–Kier alpha value is -1.42. The van der Waals surface area contributed by atoms with Crippen molar-refractivity contribution in [3.8, 4) is 5.75 Å². The minimum atomic E-state index is -0.0446. The lowest BCUT2D eigenvalue weighted by atomic mass is 10.1. The summed E-state index contributed by atoms with van der Waals surface area (Å²) in [5.74, 6) is 0.647. The number of methoxy groups -OCH3 is 1. The molecule has 0 radical (unpaired) electrons. The van der Waals surface area contributed by atoms with Crippen LogP contribution in [0.4, 0.5) is 5.69 Å². The first-order valence-electron chi connectivity index (χ1n) is 6.19. The molecule has 2 aromatic rings. The van der Waals surface area contributed by atoms with Gasteiger partial charge in [-0.15, -0.1) is 0 Å². The van der Waals surface area contributed by atoms with Crippen LogP contribution in [0.5, 0.6) is 5.75 Å². The summed E-state index contributed by atoms with van der Waals surface area (Å²) in [6.45, 7) is 0.440. The molecule has 3 nitrogen and oxygen atoms in total. The predicted molar refractivity (Wildman–Crippen MR) is 84.9 cm³/mol. The first-order valence-corrected chi connectivity index (χ1v) is 6.95. The minimum Gasteiger partial charge on any atom is -0.495 e. The van der Waals surface area contributed by atoms with Crippen molar-refractivity contribution >= 4 is 28.9 Å². The highest BCUT2D eigenvalue weighted by molar-refractivity contribution is 6.32. The van der Waals surface area contributed by atoms with Crippen LogP contribution in [0.25, 0.3) is 0 Å². The molecule has 0 saturated carbocycles. The van der Waals surface area contributed by atoms with Gasteiger partial charge in [-0.05, 0) is 35.9 Å². The molecule has 0 amide bonds. The van der Waals surface area contributed by atoms with Crippen LogP contribution in [-0.2, 0) is 0 Å². The molecule has 3 N–H and O–H groups in total. The smallest absolute Gasteiger partial charge is 0.137 e. The highest BCUT2D eigenvalue weighted by Gasteiger charge is 2.12. The molecule has 0 aliphatic heterocycles. The number of benzene rings is 2. The molecule has 0 bridgehead atoms. The van der Waals surface area contributed by atoms with Gasteiger partial charge < -0.3 is 15.8 Å². The SMILES string of the molecule is COc1ccc(C(CN)Nc2cccc(Cl)c2)cc1Cl. The van der Waals surface area contributed by atoms with Gasteiger partial charge in [0.15, 0.2) is 0 Å². The lowest BCUT2D eigenvalue weighted by Crippen LogP contribution is -2.20. The average molecular weight is 311 g/mol. The maximum absolute atomic E-state index is 6.14. The van der Waals surface area contributed by atoms with E-state index in [0.717, 1.165) is 11.3 Å². The third-order valence-electron chi connectivity index (χ3n) is 2.98. The number of nitrogens with two attached hydrogens (primary N) is 1. The van der Waals surface area contributed by atoms with Gasteiger partial charge in [0, 0.05) is 17.3 Å². The van der Waals surface area contributed by atoms with Crippen LogP contribution in [0.3, 0.4) is 0 Å². The summed E-state index contributed by atoms with van der Waals surface area (Å²) in [5, 5.41) is 4.59. The Morgan fingerprint density at radius 1 is 1.20 bits per heavy atom. The lowest BCUT2D eigenvalue weighted by Gasteiger charge is -2.19. The van der Waals surface area contributed by atoms with Gasteiger partial charge in [0.05, 0.1) is 18.2 Å². The number of hydrogen-bond acceptors (Lipinski definition) is 3. The first-order chi connectivity index (χ1) is 9.63. The summed E-state index contributed by atoms with van der Waals surface area (Å²) in [6, 6.07) is 13.1. The molecule has 0 aromatic heterocycles. The number of hydrogen-bond donors (Lipinski definition) is 2. The number of halogens is 2. The quantitative estimate of drug-likeness (QED) is 0.873. The second-order valence-corrected chi connectivity index (χ2v) is 5.18. The van der Waals surface area contributed by atoms with E-state index in [1.165, 1.54) is 0 Å². The summed E-state index contributed by atoms with van der Waals surface area (Å²) in [5.41, 5.74) is 7.76. The van der Waals surface area contributed by atoms with E-state index >= 15 is 0 Å². The summed E-state index contributed by atoms with van der Waals surface area (Å²) in [6.07, 6.45) is 0. The van der Waals surface area contributed by atoms with E-state index in [1.54, 1.807) is 7.11 Å². The molecule has 20 heavy (non-hydrogen) atoms. The predicted octanol–water partition coefficient (Wildman–Crippen LogP) is 4.11. The normalized spacial score (nSPS) is 12.0. The van der Waals surface area contributed by atoms with Crippen molar-refractivity contribution in [1.82, 2.24) is 0 Å². The average Bonchev–Trinajstić information content (AvgIpc) is 2.44. The van der Waals surface area contributed by atoms with Gasteiger partial charge in [-0.1, -0.05) is 35.3 Å². The summed E-state index contributed by atoms with van der Waals surface area (Å²) in [4.78, 5) is 0. The Morgan fingerprint density at radius 3 is 2.60 bits per heavy atom. The zero-order valence-electron chi connectivity index (χ0n) is 11.1. The molecular formula is C15H16Cl2N2O. The third-order valence-corrected chi connectivity index (χ3v) is 3.51. The molecule has 1 unspecified atom stereocenters. The fourth-order valence-electron chi connectivity index (χ4n) is 1.96. The molecule has 0 spiro atoms. The van der Waals surface area contributed by atoms with Crippen LogP contribution in [0, 0.1) is 0 Å². The Balaban J connectivity index is 2.22. The topological polar surface area (TPSA) is 47.3 Å². The van der Waals surface area contributed by atoms with Crippen molar-refractivity contribution in [3.05, 3.63) is 58.1 Å². The van der Waals surface area contributed by atoms with Crippen LogP contribution < -0.4 is 15.8 Å². The molecule has 0 heterocycles. The largest absolute Gasteiger partial charge is 0.495 e. The van der Waals surface area contributed by atoms with Crippen LogP contribution in [0.1, 0.15) is 11.6 Å². The van der Waals surface area contributed by atoms with E-state index in [-0.39, 0.29) is 6.04 Å². The van der Waals surface area contributed by atoms with Crippen LogP contribution in [0.2, 0.25) is 10.0 Å². The third kappa shape index (κ3) is 3.57. The van der Waals surface area contributed by atoms with Crippen LogP contribution >= 0.6 is 23.2 Å². The van der Waals surface area contributed by atoms with Crippen molar-refractivity contribution in [2.75, 3.05) is 19.0 Å². The standard InChI is InChI=1S/C15H16Cl2N2O/c1-20-15-6-5-10(7-13(15)17)14(9-18)19-12-4-2-3-11(16)8-12/h2-8,14,19H,9,18H2,1H3. The molecular weight excluding hydrogens is 295 g/mol. The van der Waals surface area contributed by atoms with Gasteiger partial charge in [0.1, 0.15) is 5.75 Å². The van der Waals surface area contributed by atoms with E-state index in [4.69, 9.17) is 33.7 Å². The number of rotatable bonds is 5. The highest BCUT2D eigenvalue weighted by Crippen LogP contribution is 2.29. The van der Waals surface area contributed by atoms with Gasteiger partial charge in [0.25, 0.3) is 0 Å². The summed E-state index contributed by atoms with van der Waals surface area (Å²) >= 11 is 12.1. The molecule has 2 aromatic carbocycles. The van der Waals surface area contributed by atoms with Gasteiger partial charge in [0.2, 0.25) is 0 Å². The van der Waals surface area contributed by atoms with Crippen LogP contribution in [0.15, 0.2) is 42.5 Å². The second kappa shape index (κ2) is 6.84. The van der Waals surface area contributed by atoms with Crippen molar-refractivity contribution in [2.45, 2.75) is 6.04 Å². The number of nitrogens with one attached hydrogen (secondary N) is 1. The maximum Gasteiger partial charge on any atom is 0.137 e. The van der Waals surface area contributed by atoms with Crippen molar-refractivity contribution < 1.29 is 4.74 Å². The van der Waals surface area contributed by atoms with Crippen LogP contribution in [-0.4, -0.2) is 13.7 Å². The molecule has 0 saturated heterocycles. The summed E-state index contributed by atoms with van der Waals surface area (Å²) < 4.78 is 5.15. The fraction of sp³-hybridized carbons (Fsp3) is 0.200. The molecule has 0 aliphatic rings. The van der Waals surface area contributed by atoms with E-state index < -0.39 is 0 Å². The van der Waals surface area contributed by atoms with Crippen molar-refractivity contribution in [1.29, 1.82) is 0 Å². The molecule has 0 aliphatic carbocycles. The highest BCUT2D eigenvalue weighted by atomic mass is 35.5. The Labute approximate surface area is 128 Å². The summed E-state index contributed by atoms with van der Waals surface area (Å²) in [7, 11) is 1.59. The van der Waals surface area contributed by atoms with Gasteiger partial charge >= 0.3 is 0 Å². The van der Waals surface area contributed by atoms with Gasteiger partial charge in [-0.3, -0.25) is 0 Å². The molecule has 0 fully saturated rings. The number of ether oxygens (including phenoxy) is 1. The van der Waals surface area contributed by atoms with Gasteiger partial charge in [-0.2, -0.15) is 0 Å². The fourth-order valence-corrected chi connectivity index (χ4v) is 2.41. The molecule has 1 atom stereocenters. The maximum atomic E-state index is 6.14. The second-order valence-electron chi connectivity index (χ2n) is 4.34. The van der Waals surface area contributed by atoms with E-state index in [0.29, 0.717) is 22.3 Å². The Bertz CT molecular complexity index is 590. The minimum absolute atomic E-state index is 0.0446. The zero-order valence-corrected chi connectivity index (χ0v) is 12.6. The van der Waals surface area contributed by atoms with Crippen molar-refractivity contribution in [3.63, 3.8) is 0 Å². The number of anilines is 1.